The summed E-state index contributed by atoms with van der Waals surface area (Å²) >= 11 is 5.99. The zero-order valence-corrected chi connectivity index (χ0v) is 15.8. The fourth-order valence-corrected chi connectivity index (χ4v) is 3.13. The molecule has 7 heteroatoms. The number of rotatable bonds is 7. The minimum atomic E-state index is -0.291. The Morgan fingerprint density at radius 1 is 1.07 bits per heavy atom. The lowest BCUT2D eigenvalue weighted by atomic mass is 10.2. The molecule has 2 aromatic carbocycles. The first-order valence-electron chi connectivity index (χ1n) is 8.83. The maximum atomic E-state index is 12.1. The highest BCUT2D eigenvalue weighted by atomic mass is 35.5. The first-order chi connectivity index (χ1) is 13.1. The molecular weight excluding hydrogens is 364 g/mol. The molecule has 27 heavy (non-hydrogen) atoms. The van der Waals surface area contributed by atoms with Gasteiger partial charge in [0.25, 0.3) is 5.91 Å². The number of benzene rings is 2. The van der Waals surface area contributed by atoms with E-state index in [9.17, 15) is 9.59 Å². The molecule has 0 bridgehead atoms. The van der Waals surface area contributed by atoms with Crippen LogP contribution in [0.4, 0.5) is 0 Å². The number of halogens is 1. The first kappa shape index (κ1) is 18.9. The lowest BCUT2D eigenvalue weighted by Gasteiger charge is -2.09. The molecule has 6 nitrogen and oxygen atoms in total. The SMILES string of the molecule is CCn1c(CNC(=O)CCNC(=O)c2ccccc2Cl)nc2ccccc21. The number of nitrogens with zero attached hydrogens (tertiary/aromatic N) is 2. The zero-order valence-electron chi connectivity index (χ0n) is 15.0. The second-order valence-corrected chi connectivity index (χ2v) is 6.43. The number of para-hydroxylation sites is 2. The lowest BCUT2D eigenvalue weighted by Crippen LogP contribution is -2.31. The van der Waals surface area contributed by atoms with Crippen LogP contribution in [-0.4, -0.2) is 27.9 Å². The minimum absolute atomic E-state index is 0.149. The van der Waals surface area contributed by atoms with Gasteiger partial charge < -0.3 is 15.2 Å². The molecular formula is C20H21ClN4O2. The summed E-state index contributed by atoms with van der Waals surface area (Å²) in [5, 5.41) is 5.95. The van der Waals surface area contributed by atoms with Crippen LogP contribution < -0.4 is 10.6 Å². The van der Waals surface area contributed by atoms with Crippen molar-refractivity contribution >= 4 is 34.4 Å². The number of carbonyl (C=O) groups excluding carboxylic acids is 2. The molecule has 0 aliphatic carbocycles. The van der Waals surface area contributed by atoms with Gasteiger partial charge in [0.1, 0.15) is 5.82 Å². The molecule has 0 saturated carbocycles. The summed E-state index contributed by atoms with van der Waals surface area (Å²) in [6, 6.07) is 14.7. The summed E-state index contributed by atoms with van der Waals surface area (Å²) in [4.78, 5) is 28.7. The Morgan fingerprint density at radius 2 is 1.81 bits per heavy atom. The predicted molar refractivity (Wildman–Crippen MR) is 106 cm³/mol. The minimum Gasteiger partial charge on any atom is -0.351 e. The van der Waals surface area contributed by atoms with Gasteiger partial charge in [-0.1, -0.05) is 35.9 Å². The van der Waals surface area contributed by atoms with Gasteiger partial charge in [-0.05, 0) is 31.2 Å². The van der Waals surface area contributed by atoms with Crippen molar-refractivity contribution in [2.75, 3.05) is 6.54 Å². The largest absolute Gasteiger partial charge is 0.351 e. The number of aryl methyl sites for hydroxylation is 1. The van der Waals surface area contributed by atoms with Crippen molar-refractivity contribution in [2.45, 2.75) is 26.4 Å². The Bertz CT molecular complexity index is 968. The third-order valence-corrected chi connectivity index (χ3v) is 4.58. The molecule has 0 radical (unpaired) electrons. The standard InChI is InChI=1S/C20H21ClN4O2/c1-2-25-17-10-6-5-9-16(17)24-18(25)13-23-19(26)11-12-22-20(27)14-7-3-4-8-15(14)21/h3-10H,2,11-13H2,1H3,(H,22,27)(H,23,26). The Morgan fingerprint density at radius 3 is 2.59 bits per heavy atom. The summed E-state index contributed by atoms with van der Waals surface area (Å²) in [5.74, 6) is 0.373. The maximum Gasteiger partial charge on any atom is 0.252 e. The van der Waals surface area contributed by atoms with Crippen LogP contribution in [0.25, 0.3) is 11.0 Å². The Kier molecular flexibility index (Phi) is 6.08. The number of aromatic nitrogens is 2. The van der Waals surface area contributed by atoms with Gasteiger partial charge in [0.05, 0.1) is 28.2 Å². The summed E-state index contributed by atoms with van der Waals surface area (Å²) in [7, 11) is 0. The molecule has 2 N–H and O–H groups in total. The van der Waals surface area contributed by atoms with Crippen molar-refractivity contribution in [3.8, 4) is 0 Å². The van der Waals surface area contributed by atoms with E-state index in [2.05, 4.69) is 20.2 Å². The van der Waals surface area contributed by atoms with E-state index in [1.54, 1.807) is 24.3 Å². The topological polar surface area (TPSA) is 76.0 Å². The van der Waals surface area contributed by atoms with Crippen LogP contribution in [-0.2, 0) is 17.9 Å². The van der Waals surface area contributed by atoms with Crippen molar-refractivity contribution in [1.82, 2.24) is 20.2 Å². The molecule has 0 unspecified atom stereocenters. The van der Waals surface area contributed by atoms with E-state index in [4.69, 9.17) is 11.6 Å². The first-order valence-corrected chi connectivity index (χ1v) is 9.21. The molecule has 140 valence electrons. The van der Waals surface area contributed by atoms with E-state index in [0.717, 1.165) is 23.4 Å². The monoisotopic (exact) mass is 384 g/mol. The number of imidazole rings is 1. The van der Waals surface area contributed by atoms with Gasteiger partial charge in [0.2, 0.25) is 5.91 Å². The average molecular weight is 385 g/mol. The van der Waals surface area contributed by atoms with Gasteiger partial charge in [-0.3, -0.25) is 9.59 Å². The maximum absolute atomic E-state index is 12.1. The number of hydrogen-bond acceptors (Lipinski definition) is 3. The van der Waals surface area contributed by atoms with E-state index in [0.29, 0.717) is 17.1 Å². The molecule has 2 amide bonds. The van der Waals surface area contributed by atoms with Gasteiger partial charge in [0.15, 0.2) is 0 Å². The number of hydrogen-bond donors (Lipinski definition) is 2. The van der Waals surface area contributed by atoms with Crippen LogP contribution in [0.1, 0.15) is 29.5 Å². The van der Waals surface area contributed by atoms with Crippen molar-refractivity contribution in [2.24, 2.45) is 0 Å². The van der Waals surface area contributed by atoms with Crippen molar-refractivity contribution in [3.05, 3.63) is 64.9 Å². The molecule has 0 atom stereocenters. The lowest BCUT2D eigenvalue weighted by molar-refractivity contribution is -0.121. The molecule has 1 aromatic heterocycles. The number of nitrogens with one attached hydrogen (secondary N) is 2. The van der Waals surface area contributed by atoms with E-state index in [-0.39, 0.29) is 24.8 Å². The Hall–Kier alpha value is -2.86. The van der Waals surface area contributed by atoms with Gasteiger partial charge in [-0.25, -0.2) is 4.98 Å². The fourth-order valence-electron chi connectivity index (χ4n) is 2.91. The van der Waals surface area contributed by atoms with Crippen LogP contribution in [0, 0.1) is 0 Å². The van der Waals surface area contributed by atoms with Crippen LogP contribution in [0.15, 0.2) is 48.5 Å². The van der Waals surface area contributed by atoms with Crippen molar-refractivity contribution < 1.29 is 9.59 Å². The smallest absolute Gasteiger partial charge is 0.252 e. The van der Waals surface area contributed by atoms with E-state index in [1.165, 1.54) is 0 Å². The number of amides is 2. The summed E-state index contributed by atoms with van der Waals surface area (Å²) < 4.78 is 2.08. The number of fused-ring (bicyclic) bond motifs is 1. The molecule has 3 aromatic rings. The Balaban J connectivity index is 1.50. The van der Waals surface area contributed by atoms with Crippen molar-refractivity contribution in [1.29, 1.82) is 0 Å². The van der Waals surface area contributed by atoms with Gasteiger partial charge in [-0.15, -0.1) is 0 Å². The highest BCUT2D eigenvalue weighted by Crippen LogP contribution is 2.16. The quantitative estimate of drug-likeness (QED) is 0.657. The summed E-state index contributed by atoms with van der Waals surface area (Å²) in [6.45, 7) is 3.41. The normalized spacial score (nSPS) is 10.7. The van der Waals surface area contributed by atoms with Crippen LogP contribution >= 0.6 is 11.6 Å². The van der Waals surface area contributed by atoms with Gasteiger partial charge >= 0.3 is 0 Å². The molecule has 0 aliphatic rings. The third-order valence-electron chi connectivity index (χ3n) is 4.25. The summed E-state index contributed by atoms with van der Waals surface area (Å²) in [6.07, 6.45) is 0.183. The van der Waals surface area contributed by atoms with E-state index in [1.807, 2.05) is 31.2 Å². The van der Waals surface area contributed by atoms with E-state index < -0.39 is 0 Å². The molecule has 1 heterocycles. The average Bonchev–Trinajstić information content (AvgIpc) is 3.04. The molecule has 0 aliphatic heterocycles. The number of carbonyl (C=O) groups is 2. The zero-order chi connectivity index (χ0) is 19.2. The second kappa shape index (κ2) is 8.68. The molecule has 0 spiro atoms. The summed E-state index contributed by atoms with van der Waals surface area (Å²) in [5.41, 5.74) is 2.36. The predicted octanol–water partition coefficient (Wildman–Crippen LogP) is 3.15. The highest BCUT2D eigenvalue weighted by molar-refractivity contribution is 6.33. The van der Waals surface area contributed by atoms with Crippen LogP contribution in [0.5, 0.6) is 0 Å². The second-order valence-electron chi connectivity index (χ2n) is 6.02. The van der Waals surface area contributed by atoms with Gasteiger partial charge in [0, 0.05) is 19.5 Å². The van der Waals surface area contributed by atoms with Crippen molar-refractivity contribution in [3.63, 3.8) is 0 Å². The third kappa shape index (κ3) is 4.46. The Labute approximate surface area is 162 Å². The highest BCUT2D eigenvalue weighted by Gasteiger charge is 2.12. The molecule has 0 fully saturated rings. The van der Waals surface area contributed by atoms with Gasteiger partial charge in [-0.2, -0.15) is 0 Å². The molecule has 0 saturated heterocycles. The van der Waals surface area contributed by atoms with Crippen LogP contribution in [0.3, 0.4) is 0 Å². The molecule has 3 rings (SSSR count). The van der Waals surface area contributed by atoms with E-state index >= 15 is 0 Å². The van der Waals surface area contributed by atoms with Crippen LogP contribution in [0.2, 0.25) is 5.02 Å². The fraction of sp³-hybridized carbons (Fsp3) is 0.250.